The van der Waals surface area contributed by atoms with Gasteiger partial charge in [0.1, 0.15) is 5.82 Å². The fourth-order valence-corrected chi connectivity index (χ4v) is 2.19. The molecule has 3 nitrogen and oxygen atoms in total. The molecule has 5 heteroatoms. The predicted molar refractivity (Wildman–Crippen MR) is 81.5 cm³/mol. The van der Waals surface area contributed by atoms with Gasteiger partial charge in [-0.15, -0.1) is 0 Å². The molecule has 0 aliphatic heterocycles. The summed E-state index contributed by atoms with van der Waals surface area (Å²) < 4.78 is 1.88. The van der Waals surface area contributed by atoms with Crippen LogP contribution in [-0.2, 0) is 0 Å². The Morgan fingerprint density at radius 3 is 2.00 bits per heavy atom. The van der Waals surface area contributed by atoms with Gasteiger partial charge in [0.2, 0.25) is 0 Å². The molecule has 18 heavy (non-hydrogen) atoms. The minimum Gasteiger partial charge on any atom is -0.383 e. The first-order chi connectivity index (χ1) is 8.40. The van der Waals surface area contributed by atoms with Gasteiger partial charge in [0.15, 0.2) is 5.82 Å². The van der Waals surface area contributed by atoms with Gasteiger partial charge in [-0.25, -0.2) is 9.97 Å². The number of nitrogens with two attached hydrogens (primary N) is 1. The zero-order valence-corrected chi connectivity index (χ0v) is 13.6. The molecule has 2 N–H and O–H groups in total. The number of benzene rings is 1. The number of aromatic nitrogens is 2. The Balaban J connectivity index is 2.63. The van der Waals surface area contributed by atoms with Crippen molar-refractivity contribution in [2.75, 3.05) is 5.73 Å². The molecule has 0 bridgehead atoms. The first-order valence-electron chi connectivity index (χ1n) is 5.47. The molecule has 0 spiro atoms. The normalized spacial score (nSPS) is 10.7. The van der Waals surface area contributed by atoms with Crippen molar-refractivity contribution in [1.29, 1.82) is 0 Å². The molecule has 0 atom stereocenters. The minimum atomic E-state index is 0.468. The molecule has 0 amide bonds. The molecule has 2 rings (SSSR count). The van der Waals surface area contributed by atoms with Crippen LogP contribution in [0.1, 0.15) is 16.8 Å². The first-order valence-corrected chi connectivity index (χ1v) is 7.05. The second-order valence-corrected chi connectivity index (χ2v) is 5.84. The van der Waals surface area contributed by atoms with E-state index in [2.05, 4.69) is 67.8 Å². The fraction of sp³-hybridized carbons (Fsp3) is 0.231. The molecule has 0 saturated carbocycles. The predicted octanol–water partition coefficient (Wildman–Crippen LogP) is 4.18. The van der Waals surface area contributed by atoms with Crippen LogP contribution in [0.2, 0.25) is 0 Å². The Morgan fingerprint density at radius 2 is 1.50 bits per heavy atom. The van der Waals surface area contributed by atoms with Gasteiger partial charge < -0.3 is 5.73 Å². The van der Waals surface area contributed by atoms with Gasteiger partial charge in [-0.05, 0) is 60.0 Å². The number of hydrogen-bond acceptors (Lipinski definition) is 3. The van der Waals surface area contributed by atoms with Crippen LogP contribution in [0.4, 0.5) is 5.82 Å². The van der Waals surface area contributed by atoms with Crippen LogP contribution in [0.3, 0.4) is 0 Å². The third-order valence-corrected chi connectivity index (χ3v) is 4.97. The van der Waals surface area contributed by atoms with Crippen LogP contribution < -0.4 is 5.73 Å². The highest BCUT2D eigenvalue weighted by atomic mass is 79.9. The maximum absolute atomic E-state index is 5.86. The van der Waals surface area contributed by atoms with Crippen LogP contribution in [0.25, 0.3) is 11.4 Å². The Bertz CT molecular complexity index is 522. The average molecular weight is 371 g/mol. The molecule has 1 aromatic heterocycles. The molecule has 0 fully saturated rings. The van der Waals surface area contributed by atoms with Gasteiger partial charge in [-0.1, -0.05) is 15.9 Å². The number of rotatable bonds is 1. The highest BCUT2D eigenvalue weighted by Crippen LogP contribution is 2.29. The van der Waals surface area contributed by atoms with Gasteiger partial charge in [-0.3, -0.25) is 0 Å². The van der Waals surface area contributed by atoms with Crippen LogP contribution in [0.15, 0.2) is 21.1 Å². The number of aryl methyl sites for hydroxylation is 3. The lowest BCUT2D eigenvalue weighted by Gasteiger charge is -2.09. The third-order valence-electron chi connectivity index (χ3n) is 2.74. The smallest absolute Gasteiger partial charge is 0.161 e. The zero-order chi connectivity index (χ0) is 13.4. The summed E-state index contributed by atoms with van der Waals surface area (Å²) >= 11 is 6.92. The summed E-state index contributed by atoms with van der Waals surface area (Å²) in [6.07, 6.45) is 0. The fourth-order valence-electron chi connectivity index (χ4n) is 1.79. The first kappa shape index (κ1) is 13.5. The lowest BCUT2D eigenvalue weighted by Crippen LogP contribution is -2.00. The summed E-state index contributed by atoms with van der Waals surface area (Å²) in [5.41, 5.74) is 10.0. The van der Waals surface area contributed by atoms with Crippen molar-refractivity contribution >= 4 is 37.7 Å². The molecule has 2 aromatic rings. The number of nitrogens with zero attached hydrogens (tertiary/aromatic N) is 2. The van der Waals surface area contributed by atoms with Gasteiger partial charge in [-0.2, -0.15) is 0 Å². The Hall–Kier alpha value is -0.940. The third kappa shape index (κ3) is 2.42. The maximum Gasteiger partial charge on any atom is 0.161 e. The van der Waals surface area contributed by atoms with Crippen LogP contribution in [0.5, 0.6) is 0 Å². The molecular weight excluding hydrogens is 358 g/mol. The summed E-state index contributed by atoms with van der Waals surface area (Å²) in [6, 6.07) is 4.11. The second kappa shape index (κ2) is 4.97. The summed E-state index contributed by atoms with van der Waals surface area (Å²) in [5.74, 6) is 1.13. The average Bonchev–Trinajstić information content (AvgIpc) is 2.31. The molecule has 1 aromatic carbocycles. The van der Waals surface area contributed by atoms with Crippen LogP contribution in [-0.4, -0.2) is 9.97 Å². The molecule has 94 valence electrons. The van der Waals surface area contributed by atoms with Crippen LogP contribution in [0, 0.1) is 20.8 Å². The van der Waals surface area contributed by atoms with Crippen LogP contribution >= 0.6 is 31.9 Å². The summed E-state index contributed by atoms with van der Waals surface area (Å²) in [7, 11) is 0. The van der Waals surface area contributed by atoms with E-state index in [9.17, 15) is 0 Å². The molecule has 0 unspecified atom stereocenters. The van der Waals surface area contributed by atoms with Gasteiger partial charge in [0.25, 0.3) is 0 Å². The van der Waals surface area contributed by atoms with E-state index in [0.29, 0.717) is 11.6 Å². The van der Waals surface area contributed by atoms with E-state index < -0.39 is 0 Å². The lowest BCUT2D eigenvalue weighted by atomic mass is 10.1. The van der Waals surface area contributed by atoms with E-state index in [-0.39, 0.29) is 0 Å². The summed E-state index contributed by atoms with van der Waals surface area (Å²) in [6.45, 7) is 6.01. The number of halogens is 2. The summed E-state index contributed by atoms with van der Waals surface area (Å²) in [4.78, 5) is 8.78. The van der Waals surface area contributed by atoms with Crippen molar-refractivity contribution in [1.82, 2.24) is 9.97 Å². The molecular formula is C13H13Br2N3. The van der Waals surface area contributed by atoms with E-state index in [1.165, 1.54) is 0 Å². The number of hydrogen-bond donors (Lipinski definition) is 1. The highest BCUT2D eigenvalue weighted by Gasteiger charge is 2.10. The lowest BCUT2D eigenvalue weighted by molar-refractivity contribution is 1.10. The Morgan fingerprint density at radius 1 is 0.944 bits per heavy atom. The van der Waals surface area contributed by atoms with E-state index in [0.717, 1.165) is 31.3 Å². The number of anilines is 1. The highest BCUT2D eigenvalue weighted by molar-refractivity contribution is 9.11. The van der Waals surface area contributed by atoms with Gasteiger partial charge in [0, 0.05) is 10.0 Å². The SMILES string of the molecule is Cc1cc(-c2nc(C)c(Br)c(N)n2)cc(C)c1Br. The van der Waals surface area contributed by atoms with Crippen molar-refractivity contribution in [3.05, 3.63) is 37.9 Å². The quantitative estimate of drug-likeness (QED) is 0.819. The Labute approximate surface area is 123 Å². The maximum atomic E-state index is 5.86. The van der Waals surface area contributed by atoms with E-state index in [1.807, 2.05) is 6.92 Å². The summed E-state index contributed by atoms with van der Waals surface area (Å²) in [5, 5.41) is 0. The topological polar surface area (TPSA) is 51.8 Å². The number of nitrogen functional groups attached to an aromatic ring is 1. The van der Waals surface area contributed by atoms with E-state index in [1.54, 1.807) is 0 Å². The largest absolute Gasteiger partial charge is 0.383 e. The Kier molecular flexibility index (Phi) is 3.73. The molecule has 0 radical (unpaired) electrons. The van der Waals surface area contributed by atoms with Gasteiger partial charge in [0.05, 0.1) is 10.2 Å². The van der Waals surface area contributed by atoms with Crippen molar-refractivity contribution in [2.45, 2.75) is 20.8 Å². The van der Waals surface area contributed by atoms with Crippen molar-refractivity contribution in [3.63, 3.8) is 0 Å². The molecule has 0 aliphatic carbocycles. The van der Waals surface area contributed by atoms with E-state index in [4.69, 9.17) is 5.73 Å². The monoisotopic (exact) mass is 369 g/mol. The van der Waals surface area contributed by atoms with Gasteiger partial charge >= 0.3 is 0 Å². The molecule has 0 saturated heterocycles. The minimum absolute atomic E-state index is 0.468. The molecule has 1 heterocycles. The van der Waals surface area contributed by atoms with E-state index >= 15 is 0 Å². The molecule has 0 aliphatic rings. The second-order valence-electron chi connectivity index (χ2n) is 4.26. The van der Waals surface area contributed by atoms with Crippen molar-refractivity contribution in [3.8, 4) is 11.4 Å². The van der Waals surface area contributed by atoms with Crippen molar-refractivity contribution in [2.24, 2.45) is 0 Å². The van der Waals surface area contributed by atoms with Crippen molar-refractivity contribution < 1.29 is 0 Å². The zero-order valence-electron chi connectivity index (χ0n) is 10.4. The standard InChI is InChI=1S/C13H13Br2N3/c1-6-4-9(5-7(2)10(6)14)13-17-8(3)11(15)12(16)18-13/h4-5H,1-3H3,(H2,16,17,18).